The topological polar surface area (TPSA) is 114 Å². The van der Waals surface area contributed by atoms with Gasteiger partial charge in [0.15, 0.2) is 11.7 Å². The summed E-state index contributed by atoms with van der Waals surface area (Å²) in [6.07, 6.45) is 0. The van der Waals surface area contributed by atoms with Gasteiger partial charge < -0.3 is 10.1 Å². The molecule has 3 aromatic carbocycles. The standard InChI is InChI=1S/C21H19N3O5S2/c1-14(25)24-31(27,28)19-10-7-17(8-11-19)22-21(30)23-20(26)13-29-18-9-6-15-4-2-3-5-16(15)12-18/h2-12H,13H2,1H3,(H,24,25)(H2,22,23,26,30). The third-order valence-corrected chi connectivity index (χ3v) is 5.70. The van der Waals surface area contributed by atoms with Crippen LogP contribution >= 0.6 is 12.2 Å². The zero-order valence-electron chi connectivity index (χ0n) is 16.4. The first-order valence-corrected chi connectivity index (χ1v) is 11.0. The molecule has 0 aliphatic heterocycles. The normalized spacial score (nSPS) is 10.9. The van der Waals surface area contributed by atoms with Crippen LogP contribution in [0.2, 0.25) is 0 Å². The van der Waals surface area contributed by atoms with Crippen molar-refractivity contribution in [2.45, 2.75) is 11.8 Å². The van der Waals surface area contributed by atoms with Gasteiger partial charge in [-0.1, -0.05) is 30.3 Å². The highest BCUT2D eigenvalue weighted by atomic mass is 32.2. The van der Waals surface area contributed by atoms with E-state index in [9.17, 15) is 18.0 Å². The molecule has 0 atom stereocenters. The Hall–Kier alpha value is -3.50. The largest absolute Gasteiger partial charge is 0.484 e. The SMILES string of the molecule is CC(=O)NS(=O)(=O)c1ccc(NC(=S)NC(=O)COc2ccc3ccccc3c2)cc1. The van der Waals surface area contributed by atoms with E-state index in [0.29, 0.717) is 11.4 Å². The molecule has 0 radical (unpaired) electrons. The monoisotopic (exact) mass is 457 g/mol. The second-order valence-electron chi connectivity index (χ2n) is 6.49. The summed E-state index contributed by atoms with van der Waals surface area (Å²) in [4.78, 5) is 23.0. The summed E-state index contributed by atoms with van der Waals surface area (Å²) in [7, 11) is -3.92. The van der Waals surface area contributed by atoms with Crippen LogP contribution < -0.4 is 20.1 Å². The number of fused-ring (bicyclic) bond motifs is 1. The van der Waals surface area contributed by atoms with Gasteiger partial charge in [0.05, 0.1) is 4.90 Å². The number of anilines is 1. The first kappa shape index (κ1) is 22.2. The van der Waals surface area contributed by atoms with Crippen LogP contribution in [0.3, 0.4) is 0 Å². The van der Waals surface area contributed by atoms with Gasteiger partial charge in [-0.15, -0.1) is 0 Å². The van der Waals surface area contributed by atoms with Crippen LogP contribution in [-0.2, 0) is 19.6 Å². The van der Waals surface area contributed by atoms with Crippen molar-refractivity contribution in [3.8, 4) is 5.75 Å². The van der Waals surface area contributed by atoms with E-state index < -0.39 is 21.8 Å². The van der Waals surface area contributed by atoms with E-state index in [1.54, 1.807) is 6.07 Å². The maximum absolute atomic E-state index is 12.1. The van der Waals surface area contributed by atoms with Crippen LogP contribution in [0.4, 0.5) is 5.69 Å². The third-order valence-electron chi connectivity index (χ3n) is 4.04. The van der Waals surface area contributed by atoms with Gasteiger partial charge in [-0.25, -0.2) is 13.1 Å². The highest BCUT2D eigenvalue weighted by molar-refractivity contribution is 7.90. The quantitative estimate of drug-likeness (QED) is 0.488. The Morgan fingerprint density at radius 3 is 2.32 bits per heavy atom. The van der Waals surface area contributed by atoms with Gasteiger partial charge in [-0.3, -0.25) is 14.9 Å². The summed E-state index contributed by atoms with van der Waals surface area (Å²) < 4.78 is 31.3. The van der Waals surface area contributed by atoms with Gasteiger partial charge in [0.1, 0.15) is 5.75 Å². The molecule has 0 aromatic heterocycles. The average Bonchev–Trinajstić information content (AvgIpc) is 2.71. The minimum atomic E-state index is -3.92. The number of thiocarbonyl (C=S) groups is 1. The van der Waals surface area contributed by atoms with Crippen LogP contribution in [0, 0.1) is 0 Å². The number of sulfonamides is 1. The second-order valence-corrected chi connectivity index (χ2v) is 8.58. The number of carbonyl (C=O) groups excluding carboxylic acids is 2. The molecule has 0 bridgehead atoms. The molecule has 8 nitrogen and oxygen atoms in total. The molecule has 0 heterocycles. The van der Waals surface area contributed by atoms with Crippen LogP contribution in [0.25, 0.3) is 10.8 Å². The van der Waals surface area contributed by atoms with Crippen molar-refractivity contribution < 1.29 is 22.7 Å². The predicted octanol–water partition coefficient (Wildman–Crippen LogP) is 2.56. The number of ether oxygens (including phenoxy) is 1. The van der Waals surface area contributed by atoms with Gasteiger partial charge >= 0.3 is 0 Å². The molecule has 0 saturated carbocycles. The van der Waals surface area contributed by atoms with E-state index in [0.717, 1.165) is 17.7 Å². The van der Waals surface area contributed by atoms with Crippen molar-refractivity contribution in [2.24, 2.45) is 0 Å². The molecule has 31 heavy (non-hydrogen) atoms. The minimum absolute atomic E-state index is 0.0320. The molecule has 0 unspecified atom stereocenters. The molecule has 3 rings (SSSR count). The summed E-state index contributed by atoms with van der Waals surface area (Å²) in [6, 6.07) is 18.9. The van der Waals surface area contributed by atoms with Crippen molar-refractivity contribution in [1.82, 2.24) is 10.0 Å². The molecule has 10 heteroatoms. The lowest BCUT2D eigenvalue weighted by Gasteiger charge is -2.11. The molecule has 0 spiro atoms. The van der Waals surface area contributed by atoms with Crippen LogP contribution in [-0.4, -0.2) is 32.0 Å². The smallest absolute Gasteiger partial charge is 0.264 e. The first-order valence-electron chi connectivity index (χ1n) is 9.09. The van der Waals surface area contributed by atoms with E-state index in [1.165, 1.54) is 24.3 Å². The van der Waals surface area contributed by atoms with E-state index in [-0.39, 0.29) is 16.6 Å². The fourth-order valence-electron chi connectivity index (χ4n) is 2.70. The number of hydrogen-bond donors (Lipinski definition) is 3. The van der Waals surface area contributed by atoms with E-state index in [2.05, 4.69) is 10.6 Å². The molecule has 160 valence electrons. The summed E-state index contributed by atoms with van der Waals surface area (Å²) in [5, 5.41) is 7.37. The van der Waals surface area contributed by atoms with Gasteiger partial charge in [-0.05, 0) is 59.4 Å². The lowest BCUT2D eigenvalue weighted by molar-refractivity contribution is -0.121. The number of amides is 2. The number of hydrogen-bond acceptors (Lipinski definition) is 6. The molecule has 3 aromatic rings. The van der Waals surface area contributed by atoms with Gasteiger partial charge in [0, 0.05) is 12.6 Å². The van der Waals surface area contributed by atoms with E-state index in [4.69, 9.17) is 17.0 Å². The van der Waals surface area contributed by atoms with E-state index in [1.807, 2.05) is 41.1 Å². The molecule has 3 N–H and O–H groups in total. The van der Waals surface area contributed by atoms with Crippen molar-refractivity contribution in [3.63, 3.8) is 0 Å². The van der Waals surface area contributed by atoms with Crippen LogP contribution in [0.15, 0.2) is 71.6 Å². The van der Waals surface area contributed by atoms with Crippen molar-refractivity contribution in [2.75, 3.05) is 11.9 Å². The Labute approximate surface area is 184 Å². The van der Waals surface area contributed by atoms with Crippen LogP contribution in [0.5, 0.6) is 5.75 Å². The molecule has 0 fully saturated rings. The lowest BCUT2D eigenvalue weighted by Crippen LogP contribution is -2.37. The third kappa shape index (κ3) is 6.24. The molecule has 0 aliphatic carbocycles. The molecular formula is C21H19N3O5S2. The zero-order chi connectivity index (χ0) is 22.4. The zero-order valence-corrected chi connectivity index (χ0v) is 18.0. The summed E-state index contributed by atoms with van der Waals surface area (Å²) in [5.74, 6) is -0.573. The second kappa shape index (κ2) is 9.54. The summed E-state index contributed by atoms with van der Waals surface area (Å²) in [6.45, 7) is 0.881. The Kier molecular flexibility index (Phi) is 6.83. The summed E-state index contributed by atoms with van der Waals surface area (Å²) in [5.41, 5.74) is 0.461. The molecule has 0 aliphatic rings. The highest BCUT2D eigenvalue weighted by Crippen LogP contribution is 2.20. The number of rotatable bonds is 6. The summed E-state index contributed by atoms with van der Waals surface area (Å²) >= 11 is 5.10. The fraction of sp³-hybridized carbons (Fsp3) is 0.0952. The Morgan fingerprint density at radius 2 is 1.65 bits per heavy atom. The van der Waals surface area contributed by atoms with Crippen molar-refractivity contribution >= 4 is 55.6 Å². The van der Waals surface area contributed by atoms with Crippen molar-refractivity contribution in [1.29, 1.82) is 0 Å². The van der Waals surface area contributed by atoms with Crippen molar-refractivity contribution in [3.05, 3.63) is 66.7 Å². The number of benzene rings is 3. The number of carbonyl (C=O) groups is 2. The maximum atomic E-state index is 12.1. The Morgan fingerprint density at radius 1 is 0.968 bits per heavy atom. The lowest BCUT2D eigenvalue weighted by atomic mass is 10.1. The average molecular weight is 458 g/mol. The predicted molar refractivity (Wildman–Crippen MR) is 121 cm³/mol. The Balaban J connectivity index is 1.51. The minimum Gasteiger partial charge on any atom is -0.484 e. The fourth-order valence-corrected chi connectivity index (χ4v) is 3.92. The van der Waals surface area contributed by atoms with Crippen LogP contribution in [0.1, 0.15) is 6.92 Å². The number of nitrogens with one attached hydrogen (secondary N) is 3. The Bertz CT molecular complexity index is 1240. The highest BCUT2D eigenvalue weighted by Gasteiger charge is 2.15. The van der Waals surface area contributed by atoms with Gasteiger partial charge in [0.25, 0.3) is 15.9 Å². The van der Waals surface area contributed by atoms with E-state index >= 15 is 0 Å². The maximum Gasteiger partial charge on any atom is 0.264 e. The van der Waals surface area contributed by atoms with Gasteiger partial charge in [0.2, 0.25) is 5.91 Å². The molecule has 0 saturated heterocycles. The first-order chi connectivity index (χ1) is 14.7. The van der Waals surface area contributed by atoms with Gasteiger partial charge in [-0.2, -0.15) is 0 Å². The molecular weight excluding hydrogens is 438 g/mol. The molecule has 2 amide bonds.